The number of halogens is 2. The number of nitrogens with zero attached hydrogens (tertiary/aromatic N) is 1. The molecular formula is C22H21Cl2NO5S. The summed E-state index contributed by atoms with van der Waals surface area (Å²) in [5, 5.41) is 0.722. The summed E-state index contributed by atoms with van der Waals surface area (Å²) in [6.45, 7) is 0.00788. The average Bonchev–Trinajstić information content (AvgIpc) is 2.79. The Hall–Kier alpha value is -2.61. The summed E-state index contributed by atoms with van der Waals surface area (Å²) in [4.78, 5) is 0.103. The second-order valence-electron chi connectivity index (χ2n) is 6.47. The van der Waals surface area contributed by atoms with Crippen molar-refractivity contribution in [3.05, 3.63) is 76.3 Å². The number of hydrogen-bond donors (Lipinski definition) is 0. The molecule has 0 radical (unpaired) electrons. The standard InChI is InChI=1S/C22H21Cl2NO5S/c1-28-16-5-8-18(9-6-16)31(26,27)25(14-15-4-10-19(23)20(24)12-15)21-11-7-17(29-2)13-22(21)30-3/h4-13H,14H2,1-3H3. The highest BCUT2D eigenvalue weighted by Crippen LogP contribution is 2.37. The van der Waals surface area contributed by atoms with Crippen LogP contribution in [0.1, 0.15) is 5.56 Å². The Balaban J connectivity index is 2.14. The predicted octanol–water partition coefficient (Wildman–Crippen LogP) is 5.41. The molecule has 3 aromatic rings. The van der Waals surface area contributed by atoms with Crippen molar-refractivity contribution in [2.75, 3.05) is 25.6 Å². The summed E-state index contributed by atoms with van der Waals surface area (Å²) in [6.07, 6.45) is 0. The molecule has 0 aliphatic carbocycles. The van der Waals surface area contributed by atoms with E-state index in [-0.39, 0.29) is 11.4 Å². The Kier molecular flexibility index (Phi) is 7.20. The van der Waals surface area contributed by atoms with Crippen LogP contribution in [0.2, 0.25) is 10.0 Å². The van der Waals surface area contributed by atoms with Crippen LogP contribution in [0.5, 0.6) is 17.2 Å². The second-order valence-corrected chi connectivity index (χ2v) is 9.15. The highest BCUT2D eigenvalue weighted by molar-refractivity contribution is 7.92. The van der Waals surface area contributed by atoms with Crippen molar-refractivity contribution in [2.45, 2.75) is 11.4 Å². The van der Waals surface area contributed by atoms with Crippen LogP contribution in [-0.2, 0) is 16.6 Å². The van der Waals surface area contributed by atoms with Crippen molar-refractivity contribution < 1.29 is 22.6 Å². The van der Waals surface area contributed by atoms with E-state index < -0.39 is 10.0 Å². The fraction of sp³-hybridized carbons (Fsp3) is 0.182. The van der Waals surface area contributed by atoms with Crippen LogP contribution in [0.25, 0.3) is 0 Å². The quantitative estimate of drug-likeness (QED) is 0.429. The van der Waals surface area contributed by atoms with Gasteiger partial charge in [0.2, 0.25) is 0 Å². The van der Waals surface area contributed by atoms with Gasteiger partial charge in [-0.1, -0.05) is 29.3 Å². The van der Waals surface area contributed by atoms with Crippen LogP contribution in [-0.4, -0.2) is 29.7 Å². The molecule has 0 amide bonds. The molecule has 0 heterocycles. The van der Waals surface area contributed by atoms with E-state index in [4.69, 9.17) is 37.4 Å². The minimum Gasteiger partial charge on any atom is -0.497 e. The number of anilines is 1. The first-order valence-corrected chi connectivity index (χ1v) is 11.3. The number of benzene rings is 3. The third-order valence-electron chi connectivity index (χ3n) is 4.61. The number of methoxy groups -OCH3 is 3. The van der Waals surface area contributed by atoms with Crippen molar-refractivity contribution in [3.63, 3.8) is 0 Å². The van der Waals surface area contributed by atoms with Gasteiger partial charge in [0.1, 0.15) is 17.2 Å². The summed E-state index contributed by atoms with van der Waals surface area (Å²) in [5.41, 5.74) is 1.01. The highest BCUT2D eigenvalue weighted by Gasteiger charge is 2.28. The Morgan fingerprint density at radius 3 is 2.00 bits per heavy atom. The van der Waals surface area contributed by atoms with E-state index in [1.165, 1.54) is 37.8 Å². The van der Waals surface area contributed by atoms with Crippen molar-refractivity contribution in [2.24, 2.45) is 0 Å². The largest absolute Gasteiger partial charge is 0.497 e. The van der Waals surface area contributed by atoms with Gasteiger partial charge in [0.05, 0.1) is 48.5 Å². The summed E-state index contributed by atoms with van der Waals surface area (Å²) in [7, 11) is 0.536. The van der Waals surface area contributed by atoms with Crippen LogP contribution < -0.4 is 18.5 Å². The molecule has 3 aromatic carbocycles. The van der Waals surface area contributed by atoms with Crippen molar-refractivity contribution >= 4 is 38.9 Å². The molecule has 0 saturated carbocycles. The van der Waals surface area contributed by atoms with Gasteiger partial charge < -0.3 is 14.2 Å². The summed E-state index contributed by atoms with van der Waals surface area (Å²) in [6, 6.07) is 16.1. The van der Waals surface area contributed by atoms with E-state index in [0.717, 1.165) is 0 Å². The Morgan fingerprint density at radius 2 is 1.42 bits per heavy atom. The van der Waals surface area contributed by atoms with Gasteiger partial charge in [-0.15, -0.1) is 0 Å². The lowest BCUT2D eigenvalue weighted by molar-refractivity contribution is 0.394. The van der Waals surface area contributed by atoms with E-state index >= 15 is 0 Å². The third-order valence-corrected chi connectivity index (χ3v) is 7.13. The maximum Gasteiger partial charge on any atom is 0.264 e. The van der Waals surface area contributed by atoms with E-state index in [9.17, 15) is 8.42 Å². The Morgan fingerprint density at radius 1 is 0.774 bits per heavy atom. The Bertz CT molecular complexity index is 1170. The minimum atomic E-state index is -3.97. The number of rotatable bonds is 8. The highest BCUT2D eigenvalue weighted by atomic mass is 35.5. The zero-order chi connectivity index (χ0) is 22.6. The van der Waals surface area contributed by atoms with Crippen LogP contribution in [0, 0.1) is 0 Å². The fourth-order valence-corrected chi connectivity index (χ4v) is 4.75. The topological polar surface area (TPSA) is 65.1 Å². The van der Waals surface area contributed by atoms with E-state index in [1.54, 1.807) is 48.5 Å². The fourth-order valence-electron chi connectivity index (χ4n) is 2.97. The van der Waals surface area contributed by atoms with Crippen LogP contribution >= 0.6 is 23.2 Å². The zero-order valence-corrected chi connectivity index (χ0v) is 19.5. The molecule has 0 saturated heterocycles. The zero-order valence-electron chi connectivity index (χ0n) is 17.1. The first kappa shape index (κ1) is 23.1. The molecule has 3 rings (SSSR count). The number of hydrogen-bond acceptors (Lipinski definition) is 5. The molecule has 31 heavy (non-hydrogen) atoms. The minimum absolute atomic E-state index is 0.00788. The van der Waals surface area contributed by atoms with Gasteiger partial charge in [-0.05, 0) is 54.1 Å². The van der Waals surface area contributed by atoms with E-state index in [1.807, 2.05) is 0 Å². The maximum atomic E-state index is 13.7. The molecule has 0 aromatic heterocycles. The van der Waals surface area contributed by atoms with Crippen molar-refractivity contribution in [1.29, 1.82) is 0 Å². The van der Waals surface area contributed by atoms with Gasteiger partial charge in [0, 0.05) is 6.07 Å². The smallest absolute Gasteiger partial charge is 0.264 e. The van der Waals surface area contributed by atoms with E-state index in [0.29, 0.717) is 38.5 Å². The van der Waals surface area contributed by atoms with Crippen molar-refractivity contribution in [1.82, 2.24) is 0 Å². The molecule has 0 atom stereocenters. The molecule has 0 N–H and O–H groups in total. The monoisotopic (exact) mass is 481 g/mol. The molecule has 6 nitrogen and oxygen atoms in total. The van der Waals surface area contributed by atoms with Gasteiger partial charge in [0.25, 0.3) is 10.0 Å². The molecule has 9 heteroatoms. The summed E-state index contributed by atoms with van der Waals surface area (Å²) < 4.78 is 44.4. The predicted molar refractivity (Wildman–Crippen MR) is 122 cm³/mol. The lowest BCUT2D eigenvalue weighted by Crippen LogP contribution is -2.31. The van der Waals surface area contributed by atoms with Gasteiger partial charge >= 0.3 is 0 Å². The molecule has 164 valence electrons. The SMILES string of the molecule is COc1ccc(S(=O)(=O)N(Cc2ccc(Cl)c(Cl)c2)c2ccc(OC)cc2OC)cc1. The first-order chi connectivity index (χ1) is 14.8. The second kappa shape index (κ2) is 9.68. The molecule has 0 aliphatic rings. The molecule has 0 unspecified atom stereocenters. The lowest BCUT2D eigenvalue weighted by Gasteiger charge is -2.26. The van der Waals surface area contributed by atoms with Crippen LogP contribution in [0.15, 0.2) is 65.6 Å². The van der Waals surface area contributed by atoms with Crippen molar-refractivity contribution in [3.8, 4) is 17.2 Å². The van der Waals surface area contributed by atoms with Crippen LogP contribution in [0.3, 0.4) is 0 Å². The molecule has 0 bridgehead atoms. The molecule has 0 fully saturated rings. The molecule has 0 spiro atoms. The summed E-state index contributed by atoms with van der Waals surface area (Å²) >= 11 is 12.2. The van der Waals surface area contributed by atoms with E-state index in [2.05, 4.69) is 0 Å². The normalized spacial score (nSPS) is 11.1. The average molecular weight is 482 g/mol. The van der Waals surface area contributed by atoms with Gasteiger partial charge in [-0.3, -0.25) is 4.31 Å². The lowest BCUT2D eigenvalue weighted by atomic mass is 10.2. The molecular weight excluding hydrogens is 461 g/mol. The molecule has 0 aliphatic heterocycles. The van der Waals surface area contributed by atoms with Crippen LogP contribution in [0.4, 0.5) is 5.69 Å². The third kappa shape index (κ3) is 5.01. The number of sulfonamides is 1. The Labute approximate surface area is 191 Å². The summed E-state index contributed by atoms with van der Waals surface area (Å²) in [5.74, 6) is 1.44. The van der Waals surface area contributed by atoms with Gasteiger partial charge in [0.15, 0.2) is 0 Å². The maximum absolute atomic E-state index is 13.7. The number of ether oxygens (including phenoxy) is 3. The van der Waals surface area contributed by atoms with Gasteiger partial charge in [-0.2, -0.15) is 0 Å². The first-order valence-electron chi connectivity index (χ1n) is 9.13. The van der Waals surface area contributed by atoms with Gasteiger partial charge in [-0.25, -0.2) is 8.42 Å².